The van der Waals surface area contributed by atoms with Gasteiger partial charge in [0.2, 0.25) is 11.2 Å². The van der Waals surface area contributed by atoms with Crippen molar-refractivity contribution in [3.05, 3.63) is 28.6 Å². The smallest absolute Gasteiger partial charge is 0.335 e. The van der Waals surface area contributed by atoms with Crippen LogP contribution < -0.4 is 5.56 Å². The van der Waals surface area contributed by atoms with E-state index in [0.29, 0.717) is 5.03 Å². The molecule has 1 aliphatic heterocycles. The quantitative estimate of drug-likeness (QED) is 0.667. The molecule has 5 nitrogen and oxygen atoms in total. The standard InChI is InChI=1S/C8H5NO4S/c10-4-2-1-3-5-9(4)6(7(11)12)8(13)14-5/h1-3,6H,(H,11,12). The average molecular weight is 211 g/mol. The van der Waals surface area contributed by atoms with E-state index in [4.69, 9.17) is 5.11 Å². The summed E-state index contributed by atoms with van der Waals surface area (Å²) in [5, 5.41) is 8.62. The van der Waals surface area contributed by atoms with Crippen LogP contribution in [0.5, 0.6) is 0 Å². The fraction of sp³-hybridized carbons (Fsp3) is 0.125. The SMILES string of the molecule is O=C(O)C1C(=O)Sc2cccc(=O)n21. The topological polar surface area (TPSA) is 76.4 Å². The van der Waals surface area contributed by atoms with Gasteiger partial charge in [0.25, 0.3) is 5.56 Å². The van der Waals surface area contributed by atoms with Gasteiger partial charge in [0.15, 0.2) is 0 Å². The molecule has 0 spiro atoms. The molecule has 0 radical (unpaired) electrons. The maximum absolute atomic E-state index is 11.3. The van der Waals surface area contributed by atoms with Gasteiger partial charge in [-0.05, 0) is 17.8 Å². The Kier molecular flexibility index (Phi) is 1.92. The van der Waals surface area contributed by atoms with Crippen molar-refractivity contribution in [3.63, 3.8) is 0 Å². The summed E-state index contributed by atoms with van der Waals surface area (Å²) >= 11 is 0.785. The fourth-order valence-corrected chi connectivity index (χ4v) is 2.26. The van der Waals surface area contributed by atoms with Crippen LogP contribution in [0.25, 0.3) is 0 Å². The molecule has 2 rings (SSSR count). The number of thioether (sulfide) groups is 1. The second-order valence-electron chi connectivity index (χ2n) is 2.73. The van der Waals surface area contributed by atoms with Crippen LogP contribution in [0, 0.1) is 0 Å². The van der Waals surface area contributed by atoms with Gasteiger partial charge >= 0.3 is 5.97 Å². The highest BCUT2D eigenvalue weighted by molar-refractivity contribution is 8.14. The van der Waals surface area contributed by atoms with Crippen LogP contribution in [0.15, 0.2) is 28.0 Å². The largest absolute Gasteiger partial charge is 0.479 e. The van der Waals surface area contributed by atoms with Crippen LogP contribution in [-0.2, 0) is 9.59 Å². The maximum atomic E-state index is 11.3. The number of carboxylic acid groups (broad SMARTS) is 1. The maximum Gasteiger partial charge on any atom is 0.335 e. The molecule has 1 aromatic rings. The number of nitrogens with zero attached hydrogens (tertiary/aromatic N) is 1. The van der Waals surface area contributed by atoms with E-state index < -0.39 is 22.7 Å². The lowest BCUT2D eigenvalue weighted by Crippen LogP contribution is -2.29. The molecule has 1 unspecified atom stereocenters. The third kappa shape index (κ3) is 1.15. The summed E-state index contributed by atoms with van der Waals surface area (Å²) in [6.45, 7) is 0. The van der Waals surface area contributed by atoms with Crippen molar-refractivity contribution in [1.29, 1.82) is 0 Å². The molecular formula is C8H5NO4S. The molecule has 0 aromatic carbocycles. The Hall–Kier alpha value is -1.56. The normalized spacial score (nSPS) is 19.4. The number of aliphatic carboxylic acids is 1. The second kappa shape index (κ2) is 2.98. The average Bonchev–Trinajstić information content (AvgIpc) is 2.42. The molecule has 1 N–H and O–H groups in total. The number of carboxylic acids is 1. The molecule has 1 atom stereocenters. The van der Waals surface area contributed by atoms with Gasteiger partial charge in [-0.25, -0.2) is 4.79 Å². The zero-order valence-electron chi connectivity index (χ0n) is 6.84. The van der Waals surface area contributed by atoms with E-state index in [-0.39, 0.29) is 0 Å². The lowest BCUT2D eigenvalue weighted by molar-refractivity contribution is -0.143. The van der Waals surface area contributed by atoms with Crippen LogP contribution in [0.2, 0.25) is 0 Å². The van der Waals surface area contributed by atoms with Gasteiger partial charge < -0.3 is 5.11 Å². The van der Waals surface area contributed by atoms with Crippen molar-refractivity contribution in [3.8, 4) is 0 Å². The minimum atomic E-state index is -1.37. The molecule has 0 aliphatic carbocycles. The summed E-state index contributed by atoms with van der Waals surface area (Å²) in [5.74, 6) is -1.30. The van der Waals surface area contributed by atoms with Gasteiger partial charge in [0.1, 0.15) is 0 Å². The monoisotopic (exact) mass is 211 g/mol. The Balaban J connectivity index is 2.67. The van der Waals surface area contributed by atoms with E-state index in [1.807, 2.05) is 0 Å². The van der Waals surface area contributed by atoms with Crippen molar-refractivity contribution < 1.29 is 14.7 Å². The van der Waals surface area contributed by atoms with E-state index >= 15 is 0 Å². The van der Waals surface area contributed by atoms with Crippen molar-refractivity contribution >= 4 is 22.8 Å². The first-order valence-corrected chi connectivity index (χ1v) is 4.59. The molecule has 0 saturated heterocycles. The number of hydrogen-bond donors (Lipinski definition) is 1. The van der Waals surface area contributed by atoms with Gasteiger partial charge in [-0.3, -0.25) is 14.2 Å². The van der Waals surface area contributed by atoms with Crippen LogP contribution in [-0.4, -0.2) is 20.8 Å². The highest BCUT2D eigenvalue weighted by atomic mass is 32.2. The van der Waals surface area contributed by atoms with Crippen LogP contribution in [0.1, 0.15) is 6.04 Å². The van der Waals surface area contributed by atoms with Crippen molar-refractivity contribution in [1.82, 2.24) is 4.57 Å². The molecular weight excluding hydrogens is 206 g/mol. The van der Waals surface area contributed by atoms with Crippen LogP contribution in [0.4, 0.5) is 0 Å². The molecule has 6 heteroatoms. The molecule has 14 heavy (non-hydrogen) atoms. The van der Waals surface area contributed by atoms with E-state index in [1.54, 1.807) is 6.07 Å². The predicted octanol–water partition coefficient (Wildman–Crippen LogP) is 0.106. The number of carbonyl (C=O) groups excluding carboxylic acids is 1. The Morgan fingerprint density at radius 2 is 2.14 bits per heavy atom. The molecule has 0 saturated carbocycles. The fourth-order valence-electron chi connectivity index (χ4n) is 1.30. The molecule has 72 valence electrons. The minimum Gasteiger partial charge on any atom is -0.479 e. The second-order valence-corrected chi connectivity index (χ2v) is 3.76. The lowest BCUT2D eigenvalue weighted by atomic mass is 10.3. The third-order valence-corrected chi connectivity index (χ3v) is 2.84. The van der Waals surface area contributed by atoms with Gasteiger partial charge in [-0.1, -0.05) is 6.07 Å². The predicted molar refractivity (Wildman–Crippen MR) is 48.2 cm³/mol. The number of rotatable bonds is 1. The first-order chi connectivity index (χ1) is 6.61. The van der Waals surface area contributed by atoms with Crippen molar-refractivity contribution in [2.24, 2.45) is 0 Å². The van der Waals surface area contributed by atoms with Gasteiger partial charge in [0, 0.05) is 6.07 Å². The van der Waals surface area contributed by atoms with Crippen LogP contribution >= 0.6 is 11.8 Å². The summed E-state index contributed by atoms with van der Waals surface area (Å²) in [5.41, 5.74) is -0.465. The summed E-state index contributed by atoms with van der Waals surface area (Å²) in [6, 6.07) is 2.91. The molecule has 1 aromatic heterocycles. The number of pyridine rings is 1. The Morgan fingerprint density at radius 1 is 1.43 bits per heavy atom. The first kappa shape index (κ1) is 9.01. The summed E-state index contributed by atoms with van der Waals surface area (Å²) in [6.07, 6.45) is 0. The number of fused-ring (bicyclic) bond motifs is 1. The minimum absolute atomic E-state index is 0.384. The molecule has 2 heterocycles. The number of carbonyl (C=O) groups is 2. The van der Waals surface area contributed by atoms with Gasteiger partial charge in [-0.2, -0.15) is 0 Å². The van der Waals surface area contributed by atoms with Gasteiger partial charge in [-0.15, -0.1) is 0 Å². The Labute approximate surface area is 82.4 Å². The van der Waals surface area contributed by atoms with E-state index in [0.717, 1.165) is 16.3 Å². The van der Waals surface area contributed by atoms with Crippen molar-refractivity contribution in [2.45, 2.75) is 11.1 Å². The molecule has 1 aliphatic rings. The van der Waals surface area contributed by atoms with Crippen molar-refractivity contribution in [2.75, 3.05) is 0 Å². The van der Waals surface area contributed by atoms with E-state index in [9.17, 15) is 14.4 Å². The Morgan fingerprint density at radius 3 is 2.79 bits per heavy atom. The molecule has 0 fully saturated rings. The molecule has 0 bridgehead atoms. The first-order valence-electron chi connectivity index (χ1n) is 3.77. The number of aromatic nitrogens is 1. The summed E-state index contributed by atoms with van der Waals surface area (Å²) in [7, 11) is 0. The summed E-state index contributed by atoms with van der Waals surface area (Å²) in [4.78, 5) is 33.3. The highest BCUT2D eigenvalue weighted by Crippen LogP contribution is 2.32. The van der Waals surface area contributed by atoms with E-state index in [2.05, 4.69) is 0 Å². The zero-order valence-corrected chi connectivity index (χ0v) is 7.65. The Bertz CT molecular complexity index is 478. The third-order valence-electron chi connectivity index (χ3n) is 1.87. The van der Waals surface area contributed by atoms with Gasteiger partial charge in [0.05, 0.1) is 5.03 Å². The summed E-state index contributed by atoms with van der Waals surface area (Å²) < 4.78 is 0.995. The molecule has 0 amide bonds. The van der Waals surface area contributed by atoms with E-state index in [1.165, 1.54) is 12.1 Å². The lowest BCUT2D eigenvalue weighted by Gasteiger charge is -2.05. The number of hydrogen-bond acceptors (Lipinski definition) is 4. The van der Waals surface area contributed by atoms with Crippen LogP contribution in [0.3, 0.4) is 0 Å². The highest BCUT2D eigenvalue weighted by Gasteiger charge is 2.37. The zero-order chi connectivity index (χ0) is 10.3.